The minimum absolute atomic E-state index is 0.0678. The molecule has 0 aliphatic carbocycles. The zero-order valence-corrected chi connectivity index (χ0v) is 12.5. The van der Waals surface area contributed by atoms with Crippen LogP contribution in [0, 0.1) is 0 Å². The molecule has 0 saturated carbocycles. The number of rotatable bonds is 5. The predicted molar refractivity (Wildman–Crippen MR) is 84.4 cm³/mol. The molecular formula is C16H17ClN2O2. The number of carbonyl (C=O) groups is 1. The third kappa shape index (κ3) is 4.39. The Morgan fingerprint density at radius 1 is 1.24 bits per heavy atom. The molecule has 0 aromatic heterocycles. The maximum absolute atomic E-state index is 11.9. The van der Waals surface area contributed by atoms with Crippen molar-refractivity contribution in [2.45, 2.75) is 13.0 Å². The molecule has 0 fully saturated rings. The number of ether oxygens (including phenoxy) is 1. The zero-order chi connectivity index (χ0) is 15.2. The largest absolute Gasteiger partial charge is 0.496 e. The van der Waals surface area contributed by atoms with E-state index in [1.165, 1.54) is 0 Å². The second kappa shape index (κ2) is 6.99. The van der Waals surface area contributed by atoms with Gasteiger partial charge in [0, 0.05) is 22.8 Å². The van der Waals surface area contributed by atoms with Crippen LogP contribution in [0.4, 0.5) is 5.69 Å². The SMILES string of the molecule is COc1ccc(N)cc1CNC(=O)Cc1ccc(Cl)cc1. The molecule has 0 bridgehead atoms. The van der Waals surface area contributed by atoms with E-state index in [4.69, 9.17) is 22.1 Å². The highest BCUT2D eigenvalue weighted by atomic mass is 35.5. The van der Waals surface area contributed by atoms with Crippen LogP contribution in [0.5, 0.6) is 5.75 Å². The first-order valence-electron chi connectivity index (χ1n) is 6.52. The first-order chi connectivity index (χ1) is 10.1. The van der Waals surface area contributed by atoms with Crippen molar-refractivity contribution < 1.29 is 9.53 Å². The number of hydrogen-bond acceptors (Lipinski definition) is 3. The fourth-order valence-electron chi connectivity index (χ4n) is 1.98. The Hall–Kier alpha value is -2.20. The quantitative estimate of drug-likeness (QED) is 0.835. The fourth-order valence-corrected chi connectivity index (χ4v) is 2.11. The minimum atomic E-state index is -0.0678. The van der Waals surface area contributed by atoms with Crippen LogP contribution in [-0.2, 0) is 17.8 Å². The number of amides is 1. The number of nitrogen functional groups attached to an aromatic ring is 1. The highest BCUT2D eigenvalue weighted by Gasteiger charge is 2.07. The first kappa shape index (κ1) is 15.2. The summed E-state index contributed by atoms with van der Waals surface area (Å²) in [4.78, 5) is 11.9. The lowest BCUT2D eigenvalue weighted by molar-refractivity contribution is -0.120. The molecule has 5 heteroatoms. The Bertz CT molecular complexity index is 627. The third-order valence-electron chi connectivity index (χ3n) is 3.06. The normalized spacial score (nSPS) is 10.2. The summed E-state index contributed by atoms with van der Waals surface area (Å²) in [5, 5.41) is 3.51. The Balaban J connectivity index is 1.95. The van der Waals surface area contributed by atoms with Gasteiger partial charge in [-0.25, -0.2) is 0 Å². The zero-order valence-electron chi connectivity index (χ0n) is 11.7. The standard InChI is InChI=1S/C16H17ClN2O2/c1-21-15-7-6-14(18)9-12(15)10-19-16(20)8-11-2-4-13(17)5-3-11/h2-7,9H,8,10,18H2,1H3,(H,19,20). The molecule has 0 spiro atoms. The van der Waals surface area contributed by atoms with E-state index in [0.29, 0.717) is 29.4 Å². The lowest BCUT2D eigenvalue weighted by Gasteiger charge is -2.10. The average molecular weight is 305 g/mol. The summed E-state index contributed by atoms with van der Waals surface area (Å²) in [6.07, 6.45) is 0.307. The highest BCUT2D eigenvalue weighted by molar-refractivity contribution is 6.30. The van der Waals surface area contributed by atoms with Crippen LogP contribution in [0.1, 0.15) is 11.1 Å². The van der Waals surface area contributed by atoms with Gasteiger partial charge in [-0.3, -0.25) is 4.79 Å². The van der Waals surface area contributed by atoms with Crippen molar-refractivity contribution in [3.05, 3.63) is 58.6 Å². The Morgan fingerprint density at radius 2 is 1.95 bits per heavy atom. The van der Waals surface area contributed by atoms with Gasteiger partial charge in [-0.15, -0.1) is 0 Å². The van der Waals surface area contributed by atoms with E-state index in [1.54, 1.807) is 37.4 Å². The molecule has 0 heterocycles. The van der Waals surface area contributed by atoms with Crippen LogP contribution in [-0.4, -0.2) is 13.0 Å². The highest BCUT2D eigenvalue weighted by Crippen LogP contribution is 2.20. The van der Waals surface area contributed by atoms with Crippen molar-refractivity contribution >= 4 is 23.2 Å². The molecule has 0 saturated heterocycles. The van der Waals surface area contributed by atoms with E-state index in [9.17, 15) is 4.79 Å². The molecular weight excluding hydrogens is 288 g/mol. The third-order valence-corrected chi connectivity index (χ3v) is 3.31. The molecule has 2 rings (SSSR count). The molecule has 110 valence electrons. The van der Waals surface area contributed by atoms with Gasteiger partial charge in [0.25, 0.3) is 0 Å². The van der Waals surface area contributed by atoms with Gasteiger partial charge in [0.1, 0.15) is 5.75 Å². The first-order valence-corrected chi connectivity index (χ1v) is 6.90. The molecule has 0 aliphatic heterocycles. The molecule has 0 unspecified atom stereocenters. The van der Waals surface area contributed by atoms with Crippen LogP contribution in [0.2, 0.25) is 5.02 Å². The van der Waals surface area contributed by atoms with E-state index < -0.39 is 0 Å². The molecule has 4 nitrogen and oxygen atoms in total. The van der Waals surface area contributed by atoms with Crippen LogP contribution in [0.25, 0.3) is 0 Å². The van der Waals surface area contributed by atoms with E-state index >= 15 is 0 Å². The van der Waals surface area contributed by atoms with Crippen LogP contribution in [0.15, 0.2) is 42.5 Å². The lowest BCUT2D eigenvalue weighted by atomic mass is 10.1. The van der Waals surface area contributed by atoms with Crippen molar-refractivity contribution in [1.29, 1.82) is 0 Å². The Kier molecular flexibility index (Phi) is 5.06. The number of nitrogens with one attached hydrogen (secondary N) is 1. The van der Waals surface area contributed by atoms with Gasteiger partial charge >= 0.3 is 0 Å². The number of nitrogens with two attached hydrogens (primary N) is 1. The Morgan fingerprint density at radius 3 is 2.62 bits per heavy atom. The minimum Gasteiger partial charge on any atom is -0.496 e. The maximum Gasteiger partial charge on any atom is 0.224 e. The summed E-state index contributed by atoms with van der Waals surface area (Å²) in [5.74, 6) is 0.637. The number of methoxy groups -OCH3 is 1. The van der Waals surface area contributed by atoms with Crippen molar-refractivity contribution in [2.75, 3.05) is 12.8 Å². The van der Waals surface area contributed by atoms with Crippen molar-refractivity contribution in [1.82, 2.24) is 5.32 Å². The second-order valence-electron chi connectivity index (χ2n) is 4.65. The smallest absolute Gasteiger partial charge is 0.224 e. The molecule has 0 radical (unpaired) electrons. The second-order valence-corrected chi connectivity index (χ2v) is 5.09. The van der Waals surface area contributed by atoms with Crippen LogP contribution >= 0.6 is 11.6 Å². The number of hydrogen-bond donors (Lipinski definition) is 2. The Labute approximate surface area is 128 Å². The van der Waals surface area contributed by atoms with Crippen molar-refractivity contribution in [3.63, 3.8) is 0 Å². The van der Waals surface area contributed by atoms with Gasteiger partial charge in [0.05, 0.1) is 13.5 Å². The predicted octanol–water partition coefficient (Wildman–Crippen LogP) is 2.79. The van der Waals surface area contributed by atoms with Gasteiger partial charge in [-0.1, -0.05) is 23.7 Å². The van der Waals surface area contributed by atoms with E-state index in [-0.39, 0.29) is 5.91 Å². The molecule has 2 aromatic carbocycles. The van der Waals surface area contributed by atoms with E-state index in [2.05, 4.69) is 5.32 Å². The summed E-state index contributed by atoms with van der Waals surface area (Å²) in [5.41, 5.74) is 8.14. The summed E-state index contributed by atoms with van der Waals surface area (Å²) in [6.45, 7) is 0.376. The monoisotopic (exact) mass is 304 g/mol. The molecule has 0 aliphatic rings. The number of anilines is 1. The summed E-state index contributed by atoms with van der Waals surface area (Å²) < 4.78 is 5.24. The topological polar surface area (TPSA) is 64.3 Å². The summed E-state index contributed by atoms with van der Waals surface area (Å²) in [7, 11) is 1.59. The van der Waals surface area contributed by atoms with Gasteiger partial charge < -0.3 is 15.8 Å². The summed E-state index contributed by atoms with van der Waals surface area (Å²) >= 11 is 5.81. The van der Waals surface area contributed by atoms with Gasteiger partial charge in [0.15, 0.2) is 0 Å². The van der Waals surface area contributed by atoms with E-state index in [0.717, 1.165) is 11.1 Å². The molecule has 2 aromatic rings. The molecule has 0 atom stereocenters. The van der Waals surface area contributed by atoms with Gasteiger partial charge in [-0.2, -0.15) is 0 Å². The van der Waals surface area contributed by atoms with Crippen molar-refractivity contribution in [3.8, 4) is 5.75 Å². The van der Waals surface area contributed by atoms with Gasteiger partial charge in [-0.05, 0) is 35.9 Å². The summed E-state index contributed by atoms with van der Waals surface area (Å²) in [6, 6.07) is 12.6. The van der Waals surface area contributed by atoms with Gasteiger partial charge in [0.2, 0.25) is 5.91 Å². The molecule has 21 heavy (non-hydrogen) atoms. The number of benzene rings is 2. The molecule has 1 amide bonds. The van der Waals surface area contributed by atoms with Crippen LogP contribution in [0.3, 0.4) is 0 Å². The van der Waals surface area contributed by atoms with E-state index in [1.807, 2.05) is 12.1 Å². The molecule has 3 N–H and O–H groups in total. The van der Waals surface area contributed by atoms with Crippen LogP contribution < -0.4 is 15.8 Å². The number of halogens is 1. The fraction of sp³-hybridized carbons (Fsp3) is 0.188. The number of carbonyl (C=O) groups excluding carboxylic acids is 1. The van der Waals surface area contributed by atoms with Crippen molar-refractivity contribution in [2.24, 2.45) is 0 Å². The lowest BCUT2D eigenvalue weighted by Crippen LogP contribution is -2.24. The average Bonchev–Trinajstić information content (AvgIpc) is 2.48. The maximum atomic E-state index is 11.9.